The van der Waals surface area contributed by atoms with E-state index in [4.69, 9.17) is 0 Å². The van der Waals surface area contributed by atoms with E-state index in [1.165, 1.54) is 0 Å². The predicted octanol–water partition coefficient (Wildman–Crippen LogP) is 2.39. The Balaban J connectivity index is 2.04. The Morgan fingerprint density at radius 2 is 1.86 bits per heavy atom. The maximum Gasteiger partial charge on any atom is 0.233 e. The van der Waals surface area contributed by atoms with E-state index < -0.39 is 5.78 Å². The number of aromatic nitrogens is 3. The molecule has 0 saturated carbocycles. The zero-order chi connectivity index (χ0) is 15.5. The van der Waals surface area contributed by atoms with Crippen molar-refractivity contribution < 1.29 is 10.0 Å². The van der Waals surface area contributed by atoms with Crippen LogP contribution in [0.4, 0.5) is 0 Å². The fourth-order valence-electron chi connectivity index (χ4n) is 2.14. The molecule has 0 aliphatic carbocycles. The fraction of sp³-hybridized carbons (Fsp3) is 0.0625. The van der Waals surface area contributed by atoms with Crippen LogP contribution in [0.15, 0.2) is 53.9 Å². The lowest BCUT2D eigenvalue weighted by molar-refractivity contribution is 0.105. The molecule has 1 aromatic carbocycles. The molecule has 108 valence electrons. The van der Waals surface area contributed by atoms with Crippen molar-refractivity contribution in [1.82, 2.24) is 15.0 Å². The molecule has 3 rings (SSSR count). The molecule has 0 radical (unpaired) electrons. The minimum atomic E-state index is -0.450. The molecule has 1 N–H and O–H groups in total. The molecule has 6 heteroatoms. The van der Waals surface area contributed by atoms with Crippen molar-refractivity contribution in [3.8, 4) is 0 Å². The largest absolute Gasteiger partial charge is 0.410 e. The van der Waals surface area contributed by atoms with E-state index in [9.17, 15) is 10.0 Å². The van der Waals surface area contributed by atoms with Crippen LogP contribution in [0.25, 0.3) is 11.0 Å². The first kappa shape index (κ1) is 13.8. The lowest BCUT2D eigenvalue weighted by Gasteiger charge is -2.05. The van der Waals surface area contributed by atoms with E-state index in [0.29, 0.717) is 22.3 Å². The van der Waals surface area contributed by atoms with Gasteiger partial charge in [-0.3, -0.25) is 14.8 Å². The van der Waals surface area contributed by atoms with Crippen molar-refractivity contribution in [2.24, 2.45) is 5.16 Å². The summed E-state index contributed by atoms with van der Waals surface area (Å²) in [7, 11) is 0. The molecule has 0 spiro atoms. The minimum absolute atomic E-state index is 0.0781. The number of pyridine rings is 1. The van der Waals surface area contributed by atoms with Gasteiger partial charge in [-0.15, -0.1) is 0 Å². The Morgan fingerprint density at radius 3 is 2.59 bits per heavy atom. The highest BCUT2D eigenvalue weighted by atomic mass is 16.4. The summed E-state index contributed by atoms with van der Waals surface area (Å²) in [6.45, 7) is 1.79. The first-order chi connectivity index (χ1) is 10.7. The van der Waals surface area contributed by atoms with Gasteiger partial charge < -0.3 is 5.21 Å². The summed E-state index contributed by atoms with van der Waals surface area (Å²) in [5, 5.41) is 12.4. The second kappa shape index (κ2) is 5.69. The summed E-state index contributed by atoms with van der Waals surface area (Å²) in [4.78, 5) is 25.0. The minimum Gasteiger partial charge on any atom is -0.410 e. The number of benzene rings is 1. The van der Waals surface area contributed by atoms with E-state index in [1.807, 2.05) is 0 Å². The summed E-state index contributed by atoms with van der Waals surface area (Å²) in [5.74, 6) is -0.450. The van der Waals surface area contributed by atoms with E-state index >= 15 is 0 Å². The second-order valence-corrected chi connectivity index (χ2v) is 4.70. The van der Waals surface area contributed by atoms with Crippen LogP contribution < -0.4 is 0 Å². The number of carbonyl (C=O) groups is 1. The quantitative estimate of drug-likeness (QED) is 0.346. The zero-order valence-corrected chi connectivity index (χ0v) is 11.8. The Labute approximate surface area is 126 Å². The third-order valence-corrected chi connectivity index (χ3v) is 3.18. The van der Waals surface area contributed by atoms with Crippen LogP contribution in [0.2, 0.25) is 0 Å². The summed E-state index contributed by atoms with van der Waals surface area (Å²) in [6.07, 6.45) is 3.15. The first-order valence-electron chi connectivity index (χ1n) is 6.60. The van der Waals surface area contributed by atoms with Gasteiger partial charge in [-0.25, -0.2) is 4.98 Å². The molecule has 0 bridgehead atoms. The molecule has 0 unspecified atom stereocenters. The van der Waals surface area contributed by atoms with Crippen molar-refractivity contribution in [1.29, 1.82) is 0 Å². The predicted molar refractivity (Wildman–Crippen MR) is 81.2 cm³/mol. The molecule has 0 amide bonds. The third kappa shape index (κ3) is 2.54. The van der Waals surface area contributed by atoms with E-state index in [1.54, 1.807) is 55.7 Å². The SMILES string of the molecule is Cc1cccc(C(=O)/C(=N/O)c2ccc3nccnc3c2)n1. The number of fused-ring (bicyclic) bond motifs is 1. The molecule has 6 nitrogen and oxygen atoms in total. The van der Waals surface area contributed by atoms with Crippen LogP contribution in [-0.4, -0.2) is 31.7 Å². The Morgan fingerprint density at radius 1 is 1.09 bits per heavy atom. The summed E-state index contributed by atoms with van der Waals surface area (Å²) in [6, 6.07) is 10.2. The van der Waals surface area contributed by atoms with Crippen LogP contribution in [0.1, 0.15) is 21.7 Å². The van der Waals surface area contributed by atoms with Gasteiger partial charge in [-0.1, -0.05) is 17.3 Å². The molecule has 3 aromatic rings. The summed E-state index contributed by atoms with van der Waals surface area (Å²) >= 11 is 0. The van der Waals surface area contributed by atoms with Gasteiger partial charge in [0.05, 0.1) is 11.0 Å². The van der Waals surface area contributed by atoms with Gasteiger partial charge in [-0.2, -0.15) is 0 Å². The molecule has 0 aliphatic heterocycles. The van der Waals surface area contributed by atoms with Gasteiger partial charge in [0, 0.05) is 23.7 Å². The number of carbonyl (C=O) groups excluding carboxylic acids is 1. The van der Waals surface area contributed by atoms with E-state index in [2.05, 4.69) is 20.1 Å². The molecule has 2 heterocycles. The first-order valence-corrected chi connectivity index (χ1v) is 6.60. The molecule has 0 aliphatic rings. The van der Waals surface area contributed by atoms with Crippen LogP contribution in [-0.2, 0) is 0 Å². The van der Waals surface area contributed by atoms with Crippen molar-refractivity contribution in [3.63, 3.8) is 0 Å². The van der Waals surface area contributed by atoms with Crippen LogP contribution in [0.5, 0.6) is 0 Å². The van der Waals surface area contributed by atoms with Gasteiger partial charge in [-0.05, 0) is 31.2 Å². The van der Waals surface area contributed by atoms with Crippen LogP contribution in [0, 0.1) is 6.92 Å². The van der Waals surface area contributed by atoms with Crippen LogP contribution >= 0.6 is 0 Å². The number of ketones is 1. The van der Waals surface area contributed by atoms with Crippen molar-refractivity contribution in [2.75, 3.05) is 0 Å². The number of oxime groups is 1. The number of aryl methyl sites for hydroxylation is 1. The summed E-state index contributed by atoms with van der Waals surface area (Å²) < 4.78 is 0. The van der Waals surface area contributed by atoms with Gasteiger partial charge in [0.15, 0.2) is 5.71 Å². The smallest absolute Gasteiger partial charge is 0.233 e. The van der Waals surface area contributed by atoms with Gasteiger partial charge >= 0.3 is 0 Å². The molecular weight excluding hydrogens is 280 g/mol. The molecular formula is C16H12N4O2. The Hall–Kier alpha value is -3.15. The molecule has 0 atom stereocenters. The zero-order valence-electron chi connectivity index (χ0n) is 11.8. The van der Waals surface area contributed by atoms with Crippen LogP contribution in [0.3, 0.4) is 0 Å². The summed E-state index contributed by atoms with van der Waals surface area (Å²) in [5.41, 5.74) is 2.64. The molecule has 0 saturated heterocycles. The molecule has 2 aromatic heterocycles. The van der Waals surface area contributed by atoms with Gasteiger partial charge in [0.25, 0.3) is 0 Å². The monoisotopic (exact) mass is 292 g/mol. The average molecular weight is 292 g/mol. The maximum atomic E-state index is 12.5. The number of nitrogens with zero attached hydrogens (tertiary/aromatic N) is 4. The topological polar surface area (TPSA) is 88.3 Å². The Kier molecular flexibility index (Phi) is 3.57. The van der Waals surface area contributed by atoms with Crippen molar-refractivity contribution in [3.05, 3.63) is 65.7 Å². The van der Waals surface area contributed by atoms with Gasteiger partial charge in [0.2, 0.25) is 5.78 Å². The highest BCUT2D eigenvalue weighted by Crippen LogP contribution is 2.14. The van der Waals surface area contributed by atoms with Crippen molar-refractivity contribution >= 4 is 22.5 Å². The number of hydrogen-bond donors (Lipinski definition) is 1. The second-order valence-electron chi connectivity index (χ2n) is 4.70. The highest BCUT2D eigenvalue weighted by Gasteiger charge is 2.19. The number of hydrogen-bond acceptors (Lipinski definition) is 6. The lowest BCUT2D eigenvalue weighted by Crippen LogP contribution is -2.17. The molecule has 22 heavy (non-hydrogen) atoms. The molecule has 0 fully saturated rings. The third-order valence-electron chi connectivity index (χ3n) is 3.18. The van der Waals surface area contributed by atoms with Gasteiger partial charge in [0.1, 0.15) is 5.69 Å². The highest BCUT2D eigenvalue weighted by molar-refractivity contribution is 6.51. The van der Waals surface area contributed by atoms with Crippen molar-refractivity contribution in [2.45, 2.75) is 6.92 Å². The Bertz CT molecular complexity index is 890. The lowest BCUT2D eigenvalue weighted by atomic mass is 10.0. The standard InChI is InChI=1S/C16H12N4O2/c1-10-3-2-4-13(19-10)16(21)15(20-22)11-5-6-12-14(9-11)18-8-7-17-12/h2-9,22H,1H3/b20-15+. The van der Waals surface area contributed by atoms with E-state index in [0.717, 1.165) is 0 Å². The number of rotatable bonds is 3. The number of Topliss-reactive ketones (excluding diaryl/α,β-unsaturated/α-hetero) is 1. The average Bonchev–Trinajstić information content (AvgIpc) is 2.55. The fourth-order valence-corrected chi connectivity index (χ4v) is 2.14. The maximum absolute atomic E-state index is 12.5. The van der Waals surface area contributed by atoms with E-state index in [-0.39, 0.29) is 11.4 Å². The normalized spacial score (nSPS) is 11.6.